The summed E-state index contributed by atoms with van der Waals surface area (Å²) in [6.45, 7) is 9.59. The SMILES string of the molecule is CC1(C)c2ccccc2-c2ccc(N(c3ccc(-c4ccc5c(c4)c4ccccc4n5-c4cccc5cc(-c6ccc7c(c6)C(C)(C)c6cc(N(c8ccc(-c9ccc%10c(c9)c9cc(-c%11ccccc%11)ccc9n%10-c9ccccc9)cc8)c8ccc9c%10ccccc%10c%10ccccc%10c9c8)ccc6-7)ccc45)cc3)c3ccc4c5ccccc5c5ccccc5c4c3)cc21. The van der Waals surface area contributed by atoms with Crippen molar-refractivity contribution in [2.24, 2.45) is 0 Å². The molecule has 4 heteroatoms. The summed E-state index contributed by atoms with van der Waals surface area (Å²) in [6, 6.07) is 164. The summed E-state index contributed by atoms with van der Waals surface area (Å²) in [6.07, 6.45) is 0. The Balaban J connectivity index is 0.534. The molecule has 0 spiro atoms. The molecule has 0 saturated heterocycles. The molecule has 26 rings (SSSR count). The van der Waals surface area contributed by atoms with Gasteiger partial charge in [-0.2, -0.15) is 0 Å². The van der Waals surface area contributed by atoms with E-state index in [-0.39, 0.29) is 10.8 Å². The largest absolute Gasteiger partial charge is 0.310 e. The highest BCUT2D eigenvalue weighted by atomic mass is 15.1. The standard InChI is InChI=1S/C124H84N4/c1-123(2)114-39-21-19-37-104(114)106-63-57-91(75-116(106)123)125(89-55-61-102-98-33-13-11-29-94(98)96-31-15-17-35-100(96)109(102)73-89)87-51-42-78(43-52-87)82-50-67-122-111(69-82)108-38-20-22-40-119(108)128(122)118-41-23-26-85-68-80(46-59-93(85)118)84-47-60-105-107-64-58-92(76-117(107)124(3,4)115(105)72-84)126(90-56-62-103-99-34-14-12-30-95(99)97-32-16-18-36-101(97)110(103)74-90)88-53-44-79(45-54-88)83-49-66-121-113(71-83)112-70-81(77-24-7-5-8-25-77)48-65-120(112)127(121)86-27-9-6-10-28-86/h5-76H,1-4H3. The van der Waals surface area contributed by atoms with Crippen LogP contribution in [0.2, 0.25) is 0 Å². The summed E-state index contributed by atoms with van der Waals surface area (Å²) in [5, 5.41) is 22.4. The molecule has 0 amide bonds. The first-order valence-corrected chi connectivity index (χ1v) is 44.7. The highest BCUT2D eigenvalue weighted by molar-refractivity contribution is 6.28. The third kappa shape index (κ3) is 11.2. The van der Waals surface area contributed by atoms with Gasteiger partial charge in [0.1, 0.15) is 0 Å². The van der Waals surface area contributed by atoms with Gasteiger partial charge in [0.05, 0.1) is 27.8 Å². The van der Waals surface area contributed by atoms with Crippen LogP contribution in [0.5, 0.6) is 0 Å². The topological polar surface area (TPSA) is 16.3 Å². The van der Waals surface area contributed by atoms with Crippen molar-refractivity contribution in [3.63, 3.8) is 0 Å². The van der Waals surface area contributed by atoms with Crippen LogP contribution in [0.25, 0.3) is 197 Å². The molecule has 4 nitrogen and oxygen atoms in total. The summed E-state index contributed by atoms with van der Waals surface area (Å²) in [5.41, 5.74) is 33.1. The highest BCUT2D eigenvalue weighted by Crippen LogP contribution is 2.55. The number of hydrogen-bond donors (Lipinski definition) is 0. The molecule has 0 atom stereocenters. The van der Waals surface area contributed by atoms with Crippen molar-refractivity contribution in [2.75, 3.05) is 9.80 Å². The summed E-state index contributed by atoms with van der Waals surface area (Å²) in [4.78, 5) is 4.95. The van der Waals surface area contributed by atoms with Crippen LogP contribution in [-0.2, 0) is 10.8 Å². The van der Waals surface area contributed by atoms with Crippen LogP contribution in [-0.4, -0.2) is 9.13 Å². The van der Waals surface area contributed by atoms with E-state index in [1.807, 2.05) is 0 Å². The van der Waals surface area contributed by atoms with Gasteiger partial charge in [-0.05, 0) is 305 Å². The van der Waals surface area contributed by atoms with Crippen molar-refractivity contribution in [2.45, 2.75) is 38.5 Å². The van der Waals surface area contributed by atoms with E-state index < -0.39 is 0 Å². The summed E-state index contributed by atoms with van der Waals surface area (Å²) in [7, 11) is 0. The lowest BCUT2D eigenvalue weighted by molar-refractivity contribution is 0.660. The number of fused-ring (bicyclic) bond motifs is 25. The monoisotopic (exact) mass is 1630 g/mol. The zero-order valence-corrected chi connectivity index (χ0v) is 71.4. The number of nitrogens with zero attached hydrogens (tertiary/aromatic N) is 4. The molecule has 2 aliphatic rings. The van der Waals surface area contributed by atoms with Crippen molar-refractivity contribution in [1.29, 1.82) is 0 Å². The first kappa shape index (κ1) is 73.4. The summed E-state index contributed by atoms with van der Waals surface area (Å²) >= 11 is 0. The maximum absolute atomic E-state index is 2.49. The minimum atomic E-state index is -0.333. The summed E-state index contributed by atoms with van der Waals surface area (Å²) in [5.74, 6) is 0. The average molecular weight is 1630 g/mol. The Bertz CT molecular complexity index is 8740. The molecule has 0 fully saturated rings. The second-order valence-corrected chi connectivity index (χ2v) is 36.2. The molecule has 0 bridgehead atoms. The van der Waals surface area contributed by atoms with Crippen LogP contribution in [0, 0.1) is 0 Å². The van der Waals surface area contributed by atoms with Crippen molar-refractivity contribution in [3.05, 3.63) is 459 Å². The van der Waals surface area contributed by atoms with Gasteiger partial charge in [0.25, 0.3) is 0 Å². The first-order valence-electron chi connectivity index (χ1n) is 44.7. The van der Waals surface area contributed by atoms with Crippen LogP contribution < -0.4 is 9.80 Å². The van der Waals surface area contributed by atoms with Crippen molar-refractivity contribution < 1.29 is 0 Å². The fourth-order valence-corrected chi connectivity index (χ4v) is 22.4. The molecular weight excluding hydrogens is 1550 g/mol. The van der Waals surface area contributed by atoms with Gasteiger partial charge in [-0.25, -0.2) is 0 Å². The Hall–Kier alpha value is -16.1. The maximum atomic E-state index is 2.49. The molecule has 0 unspecified atom stereocenters. The number of anilines is 6. The molecule has 2 aliphatic carbocycles. The van der Waals surface area contributed by atoms with Crippen LogP contribution >= 0.6 is 0 Å². The van der Waals surface area contributed by atoms with E-state index in [0.29, 0.717) is 0 Å². The third-order valence-electron chi connectivity index (χ3n) is 28.6. The van der Waals surface area contributed by atoms with Crippen molar-refractivity contribution in [1.82, 2.24) is 9.13 Å². The number of aromatic nitrogens is 2. The molecule has 2 heterocycles. The minimum Gasteiger partial charge on any atom is -0.310 e. The minimum absolute atomic E-state index is 0.163. The highest BCUT2D eigenvalue weighted by Gasteiger charge is 2.38. The quantitative estimate of drug-likeness (QED) is 0.113. The Labute approximate surface area is 742 Å². The van der Waals surface area contributed by atoms with Gasteiger partial charge in [-0.1, -0.05) is 319 Å². The van der Waals surface area contributed by atoms with E-state index in [4.69, 9.17) is 0 Å². The third-order valence-corrected chi connectivity index (χ3v) is 28.6. The maximum Gasteiger partial charge on any atom is 0.0541 e. The van der Waals surface area contributed by atoms with Crippen LogP contribution in [0.4, 0.5) is 34.1 Å². The van der Waals surface area contributed by atoms with Crippen LogP contribution in [0.1, 0.15) is 49.9 Å². The molecule has 0 radical (unpaired) electrons. The van der Waals surface area contributed by atoms with Gasteiger partial charge >= 0.3 is 0 Å². The molecule has 600 valence electrons. The number of rotatable bonds is 12. The molecule has 22 aromatic carbocycles. The zero-order valence-electron chi connectivity index (χ0n) is 71.4. The predicted octanol–water partition coefficient (Wildman–Crippen LogP) is 34.2. The van der Waals surface area contributed by atoms with Gasteiger partial charge in [0.15, 0.2) is 0 Å². The Morgan fingerprint density at radius 2 is 0.492 bits per heavy atom. The van der Waals surface area contributed by atoms with Gasteiger partial charge in [-0.3, -0.25) is 0 Å². The molecule has 0 aliphatic heterocycles. The van der Waals surface area contributed by atoms with Gasteiger partial charge in [-0.15, -0.1) is 0 Å². The van der Waals surface area contributed by atoms with Crippen molar-refractivity contribution >= 4 is 153 Å². The lowest BCUT2D eigenvalue weighted by atomic mass is 9.81. The second kappa shape index (κ2) is 28.2. The molecule has 128 heavy (non-hydrogen) atoms. The lowest BCUT2D eigenvalue weighted by Crippen LogP contribution is -2.16. The molecule has 2 aromatic heterocycles. The first-order chi connectivity index (χ1) is 63.0. The predicted molar refractivity (Wildman–Crippen MR) is 544 cm³/mol. The van der Waals surface area contributed by atoms with Gasteiger partial charge in [0.2, 0.25) is 0 Å². The van der Waals surface area contributed by atoms with E-state index in [0.717, 1.165) is 56.6 Å². The number of para-hydroxylation sites is 2. The van der Waals surface area contributed by atoms with Gasteiger partial charge < -0.3 is 18.9 Å². The molecular formula is C124H84N4. The second-order valence-electron chi connectivity index (χ2n) is 36.2. The van der Waals surface area contributed by atoms with Crippen molar-refractivity contribution in [3.8, 4) is 78.1 Å². The van der Waals surface area contributed by atoms with Crippen LogP contribution in [0.15, 0.2) is 437 Å². The van der Waals surface area contributed by atoms with E-state index in [9.17, 15) is 0 Å². The fraction of sp³-hybridized carbons (Fsp3) is 0.0484. The van der Waals surface area contributed by atoms with Gasteiger partial charge in [0, 0.05) is 77.6 Å². The molecule has 0 saturated carbocycles. The van der Waals surface area contributed by atoms with Crippen LogP contribution in [0.3, 0.4) is 0 Å². The normalized spacial score (nSPS) is 13.1. The Morgan fingerprint density at radius 3 is 1.01 bits per heavy atom. The number of benzene rings is 22. The Kier molecular flexibility index (Phi) is 16.2. The molecule has 24 aromatic rings. The Morgan fingerprint density at radius 1 is 0.172 bits per heavy atom. The smallest absolute Gasteiger partial charge is 0.0541 e. The van der Waals surface area contributed by atoms with E-state index in [1.165, 1.54) is 197 Å². The molecule has 0 N–H and O–H groups in total. The zero-order chi connectivity index (χ0) is 84.8. The average Bonchev–Trinajstić information content (AvgIpc) is 1.45. The van der Waals surface area contributed by atoms with E-state index in [1.54, 1.807) is 0 Å². The fourth-order valence-electron chi connectivity index (χ4n) is 22.4. The lowest BCUT2D eigenvalue weighted by Gasteiger charge is -2.29. The van der Waals surface area contributed by atoms with E-state index in [2.05, 4.69) is 483 Å². The van der Waals surface area contributed by atoms with E-state index >= 15 is 0 Å². The number of hydrogen-bond acceptors (Lipinski definition) is 2. The summed E-state index contributed by atoms with van der Waals surface area (Å²) < 4.78 is 4.90.